The van der Waals surface area contributed by atoms with Gasteiger partial charge in [0.15, 0.2) is 0 Å². The van der Waals surface area contributed by atoms with Gasteiger partial charge in [0.1, 0.15) is 5.82 Å². The zero-order chi connectivity index (χ0) is 14.3. The van der Waals surface area contributed by atoms with Crippen LogP contribution >= 0.6 is 46.4 Å². The molecule has 0 radical (unpaired) electrons. The number of hydrogen-bond donors (Lipinski definition) is 1. The Hall–Kier alpha value is -0.670. The monoisotopic (exact) mass is 337 g/mol. The zero-order valence-electron chi connectivity index (χ0n) is 9.70. The van der Waals surface area contributed by atoms with Crippen molar-refractivity contribution in [1.82, 2.24) is 0 Å². The number of rotatable bonds is 1. The fourth-order valence-corrected chi connectivity index (χ4v) is 2.70. The van der Waals surface area contributed by atoms with Crippen LogP contribution in [0.25, 0.3) is 11.1 Å². The van der Waals surface area contributed by atoms with E-state index in [0.717, 1.165) is 0 Å². The maximum absolute atomic E-state index is 14.1. The number of anilines is 1. The maximum Gasteiger partial charge on any atom is 0.131 e. The van der Waals surface area contributed by atoms with Gasteiger partial charge in [-0.1, -0.05) is 46.4 Å². The van der Waals surface area contributed by atoms with Crippen molar-refractivity contribution < 1.29 is 4.39 Å². The van der Waals surface area contributed by atoms with Crippen LogP contribution in [0.15, 0.2) is 18.2 Å². The SMILES string of the molecule is Cc1cc(F)c(-c2c(Cl)c(Cl)cc(Cl)c2Cl)cc1N. The fraction of sp³-hybridized carbons (Fsp3) is 0.0769. The van der Waals surface area contributed by atoms with E-state index >= 15 is 0 Å². The Bertz CT molecular complexity index is 644. The minimum absolute atomic E-state index is 0.137. The summed E-state index contributed by atoms with van der Waals surface area (Å²) in [6.07, 6.45) is 0. The highest BCUT2D eigenvalue weighted by Crippen LogP contribution is 2.44. The smallest absolute Gasteiger partial charge is 0.131 e. The predicted octanol–water partition coefficient (Wildman–Crippen LogP) is 6.00. The van der Waals surface area contributed by atoms with Gasteiger partial charge in [0.05, 0.1) is 20.1 Å². The minimum Gasteiger partial charge on any atom is -0.398 e. The Labute approximate surface area is 130 Å². The van der Waals surface area contributed by atoms with E-state index in [1.54, 1.807) is 6.92 Å². The Balaban J connectivity index is 2.83. The lowest BCUT2D eigenvalue weighted by Gasteiger charge is -2.13. The summed E-state index contributed by atoms with van der Waals surface area (Å²) in [5.41, 5.74) is 7.25. The van der Waals surface area contributed by atoms with Gasteiger partial charge in [-0.05, 0) is 30.7 Å². The molecule has 2 N–H and O–H groups in total. The predicted molar refractivity (Wildman–Crippen MR) is 81.0 cm³/mol. The molecule has 2 aromatic carbocycles. The molecule has 0 aliphatic rings. The Morgan fingerprint density at radius 3 is 2.00 bits per heavy atom. The molecule has 100 valence electrons. The van der Waals surface area contributed by atoms with Gasteiger partial charge in [-0.25, -0.2) is 4.39 Å². The normalized spacial score (nSPS) is 10.8. The number of benzene rings is 2. The third kappa shape index (κ3) is 2.63. The standard InChI is InChI=1S/C13H8Cl4FN/c1-5-2-9(18)6(3-10(5)19)11-12(16)7(14)4-8(15)13(11)17/h2-4H,19H2,1H3. The molecule has 6 heteroatoms. The van der Waals surface area contributed by atoms with E-state index in [0.29, 0.717) is 11.3 Å². The second-order valence-corrected chi connectivity index (χ2v) is 5.60. The summed E-state index contributed by atoms with van der Waals surface area (Å²) in [5.74, 6) is -0.492. The molecular formula is C13H8Cl4FN. The second-order valence-electron chi connectivity index (χ2n) is 4.03. The number of hydrogen-bond acceptors (Lipinski definition) is 1. The van der Waals surface area contributed by atoms with Crippen molar-refractivity contribution in [2.45, 2.75) is 6.92 Å². The molecule has 0 aliphatic carbocycles. The van der Waals surface area contributed by atoms with E-state index in [-0.39, 0.29) is 31.2 Å². The van der Waals surface area contributed by atoms with Crippen LogP contribution in [0.4, 0.5) is 10.1 Å². The van der Waals surface area contributed by atoms with Gasteiger partial charge in [-0.2, -0.15) is 0 Å². The van der Waals surface area contributed by atoms with Crippen molar-refractivity contribution in [2.75, 3.05) is 5.73 Å². The summed E-state index contributed by atoms with van der Waals surface area (Å²) in [6, 6.07) is 4.18. The fourth-order valence-electron chi connectivity index (χ4n) is 1.69. The van der Waals surface area contributed by atoms with Crippen LogP contribution in [0, 0.1) is 12.7 Å². The third-order valence-corrected chi connectivity index (χ3v) is 4.31. The van der Waals surface area contributed by atoms with Gasteiger partial charge < -0.3 is 5.73 Å². The molecule has 0 aromatic heterocycles. The van der Waals surface area contributed by atoms with Crippen LogP contribution in [0.3, 0.4) is 0 Å². The molecule has 19 heavy (non-hydrogen) atoms. The van der Waals surface area contributed by atoms with Gasteiger partial charge in [-0.3, -0.25) is 0 Å². The number of aryl methyl sites for hydroxylation is 1. The highest BCUT2D eigenvalue weighted by molar-refractivity contribution is 6.50. The van der Waals surface area contributed by atoms with Crippen LogP contribution in [-0.2, 0) is 0 Å². The molecule has 0 saturated heterocycles. The van der Waals surface area contributed by atoms with E-state index in [4.69, 9.17) is 52.1 Å². The van der Waals surface area contributed by atoms with Crippen molar-refractivity contribution in [1.29, 1.82) is 0 Å². The Morgan fingerprint density at radius 2 is 1.47 bits per heavy atom. The van der Waals surface area contributed by atoms with Crippen molar-refractivity contribution in [2.24, 2.45) is 0 Å². The molecular weight excluding hydrogens is 331 g/mol. The molecule has 0 heterocycles. The van der Waals surface area contributed by atoms with Crippen LogP contribution in [-0.4, -0.2) is 0 Å². The van der Waals surface area contributed by atoms with Crippen LogP contribution in [0.5, 0.6) is 0 Å². The first kappa shape index (κ1) is 14.7. The van der Waals surface area contributed by atoms with Crippen LogP contribution in [0.2, 0.25) is 20.1 Å². The quantitative estimate of drug-likeness (QED) is 0.501. The van der Waals surface area contributed by atoms with Gasteiger partial charge in [-0.15, -0.1) is 0 Å². The lowest BCUT2D eigenvalue weighted by molar-refractivity contribution is 0.630. The zero-order valence-corrected chi connectivity index (χ0v) is 12.7. The highest BCUT2D eigenvalue weighted by Gasteiger charge is 2.19. The molecule has 0 saturated carbocycles. The molecule has 0 spiro atoms. The summed E-state index contributed by atoms with van der Waals surface area (Å²) < 4.78 is 14.1. The summed E-state index contributed by atoms with van der Waals surface area (Å²) >= 11 is 24.0. The highest BCUT2D eigenvalue weighted by atomic mass is 35.5. The number of halogens is 5. The topological polar surface area (TPSA) is 26.0 Å². The van der Waals surface area contributed by atoms with Crippen molar-refractivity contribution >= 4 is 52.1 Å². The molecule has 0 aliphatic heterocycles. The first-order chi connectivity index (χ1) is 8.82. The average molecular weight is 339 g/mol. The van der Waals surface area contributed by atoms with E-state index in [1.165, 1.54) is 18.2 Å². The molecule has 0 unspecified atom stereocenters. The first-order valence-corrected chi connectivity index (χ1v) is 6.73. The first-order valence-electron chi connectivity index (χ1n) is 5.22. The maximum atomic E-state index is 14.1. The molecule has 2 aromatic rings. The molecule has 0 fully saturated rings. The van der Waals surface area contributed by atoms with Gasteiger partial charge >= 0.3 is 0 Å². The van der Waals surface area contributed by atoms with Gasteiger partial charge in [0.2, 0.25) is 0 Å². The van der Waals surface area contributed by atoms with E-state index in [9.17, 15) is 4.39 Å². The summed E-state index contributed by atoms with van der Waals surface area (Å²) in [6.45, 7) is 1.70. The Morgan fingerprint density at radius 1 is 0.947 bits per heavy atom. The Kier molecular flexibility index (Phi) is 4.17. The number of nitrogen functional groups attached to an aromatic ring is 1. The van der Waals surface area contributed by atoms with Crippen LogP contribution < -0.4 is 5.73 Å². The second kappa shape index (κ2) is 5.37. The lowest BCUT2D eigenvalue weighted by atomic mass is 10.0. The van der Waals surface area contributed by atoms with Gasteiger partial charge in [0.25, 0.3) is 0 Å². The molecule has 1 nitrogen and oxygen atoms in total. The summed E-state index contributed by atoms with van der Waals surface area (Å²) in [7, 11) is 0. The molecule has 2 rings (SSSR count). The number of nitrogens with two attached hydrogens (primary N) is 1. The third-order valence-electron chi connectivity index (χ3n) is 2.74. The van der Waals surface area contributed by atoms with E-state index in [1.807, 2.05) is 0 Å². The van der Waals surface area contributed by atoms with Crippen molar-refractivity contribution in [3.63, 3.8) is 0 Å². The molecule has 0 atom stereocenters. The molecule has 0 amide bonds. The minimum atomic E-state index is -0.492. The summed E-state index contributed by atoms with van der Waals surface area (Å²) in [4.78, 5) is 0. The van der Waals surface area contributed by atoms with Crippen molar-refractivity contribution in [3.8, 4) is 11.1 Å². The van der Waals surface area contributed by atoms with E-state index in [2.05, 4.69) is 0 Å². The molecule has 0 bridgehead atoms. The largest absolute Gasteiger partial charge is 0.398 e. The summed E-state index contributed by atoms with van der Waals surface area (Å²) in [5, 5.41) is 0.672. The lowest BCUT2D eigenvalue weighted by Crippen LogP contribution is -1.95. The van der Waals surface area contributed by atoms with Crippen molar-refractivity contribution in [3.05, 3.63) is 49.7 Å². The average Bonchev–Trinajstić information content (AvgIpc) is 2.33. The van der Waals surface area contributed by atoms with Crippen LogP contribution in [0.1, 0.15) is 5.56 Å². The van der Waals surface area contributed by atoms with E-state index < -0.39 is 5.82 Å². The van der Waals surface area contributed by atoms with Gasteiger partial charge in [0, 0.05) is 16.8 Å².